The highest BCUT2D eigenvalue weighted by Crippen LogP contribution is 2.52. The van der Waals surface area contributed by atoms with Crippen LogP contribution in [0.4, 0.5) is 0 Å². The van der Waals surface area contributed by atoms with Crippen LogP contribution >= 0.6 is 77.2 Å². The number of aromatic nitrogens is 1. The predicted molar refractivity (Wildman–Crippen MR) is 551 cm³/mol. The van der Waals surface area contributed by atoms with Crippen molar-refractivity contribution in [3.63, 3.8) is 0 Å². The molecule has 3 aliphatic heterocycles. The van der Waals surface area contributed by atoms with Gasteiger partial charge in [0.1, 0.15) is 0 Å². The summed E-state index contributed by atoms with van der Waals surface area (Å²) in [7, 11) is 0. The summed E-state index contributed by atoms with van der Waals surface area (Å²) in [6.07, 6.45) is 87.3. The summed E-state index contributed by atoms with van der Waals surface area (Å²) in [5, 5.41) is 15.3. The van der Waals surface area contributed by atoms with Gasteiger partial charge in [-0.2, -0.15) is 0 Å². The zero-order valence-electron chi connectivity index (χ0n) is 79.0. The fraction of sp³-hybridized carbons (Fsp3) is 0.743. The molecular formula is C109H178Br2N4O4S4. The van der Waals surface area contributed by atoms with Crippen LogP contribution in [0.1, 0.15) is 527 Å². The van der Waals surface area contributed by atoms with E-state index in [-0.39, 0.29) is 31.0 Å². The Kier molecular flexibility index (Phi) is 58.9. The molecule has 5 aromatic rings. The topological polar surface area (TPSA) is 106 Å². The molecule has 123 heavy (non-hydrogen) atoms. The lowest BCUT2D eigenvalue weighted by molar-refractivity contribution is -0.124. The third-order valence-electron chi connectivity index (χ3n) is 26.6. The third kappa shape index (κ3) is 39.3. The lowest BCUT2D eigenvalue weighted by Crippen LogP contribution is -2.34. The van der Waals surface area contributed by atoms with Crippen LogP contribution in [0.3, 0.4) is 0 Å². The molecule has 5 aromatic heterocycles. The molecule has 2 unspecified atom stereocenters. The number of aryl methyl sites for hydroxylation is 4. The maximum Gasteiger partial charge on any atom is 0.280 e. The largest absolute Gasteiger partial charge is 0.494 e. The number of halogens is 2. The average molecular weight is 1900 g/mol. The first-order chi connectivity index (χ1) is 59.9. The molecule has 8 nitrogen and oxygen atoms in total. The number of amides is 3. The molecule has 696 valence electrons. The van der Waals surface area contributed by atoms with Gasteiger partial charge in [-0.1, -0.05) is 422 Å². The van der Waals surface area contributed by atoms with E-state index in [9.17, 15) is 9.90 Å². The van der Waals surface area contributed by atoms with E-state index in [1.54, 1.807) is 45.3 Å². The number of rotatable bonds is 76. The lowest BCUT2D eigenvalue weighted by Gasteiger charge is -2.29. The Morgan fingerprint density at radius 3 is 0.927 bits per heavy atom. The van der Waals surface area contributed by atoms with E-state index in [0.29, 0.717) is 58.6 Å². The number of hydrogen-bond donors (Lipinski definition) is 2. The number of H-pyrrole nitrogens is 1. The molecule has 0 saturated carbocycles. The van der Waals surface area contributed by atoms with Gasteiger partial charge >= 0.3 is 0 Å². The average Bonchev–Trinajstić information content (AvgIpc) is 1.55. The second-order valence-corrected chi connectivity index (χ2v) is 43.9. The number of hydrogen-bond acceptors (Lipinski definition) is 8. The van der Waals surface area contributed by atoms with E-state index < -0.39 is 0 Å². The Bertz CT molecular complexity index is 3590. The van der Waals surface area contributed by atoms with E-state index in [1.807, 2.05) is 0 Å². The van der Waals surface area contributed by atoms with Crippen molar-refractivity contribution in [2.45, 2.75) is 499 Å². The number of thiophene rings is 4. The van der Waals surface area contributed by atoms with Crippen LogP contribution in [0, 0.1) is 11.8 Å². The maximum atomic E-state index is 16.0. The Balaban J connectivity index is 0.000000438. The van der Waals surface area contributed by atoms with Crippen LogP contribution in [0.5, 0.6) is 5.88 Å². The van der Waals surface area contributed by atoms with Gasteiger partial charge in [0.25, 0.3) is 17.7 Å². The van der Waals surface area contributed by atoms with E-state index in [0.717, 1.165) is 82.3 Å². The van der Waals surface area contributed by atoms with Crippen LogP contribution in [-0.4, -0.2) is 56.4 Å². The minimum absolute atomic E-state index is 0. The Morgan fingerprint density at radius 1 is 0.341 bits per heavy atom. The van der Waals surface area contributed by atoms with Gasteiger partial charge in [-0.15, -0.1) is 45.3 Å². The summed E-state index contributed by atoms with van der Waals surface area (Å²) in [6, 6.07) is 9.12. The Labute approximate surface area is 787 Å². The number of nitrogens with zero attached hydrogens (tertiary/aromatic N) is 3. The standard InChI is InChI=1S/C70H118Br2N2O2S2.C38H56N2O2S2.CH4/c1-7-13-19-25-29-31-33-35-39-45-51-59-53-61(77-67(59)71)65-63-64(70(76)73(65)55-57(47-41-23-17-11-5)49-43-37-27-21-15-9-3)66(62-54-60(68(72)78-62)52-46-40-36-34-32-30-26-20-14-8-2)74(69(63)75)56-58(48-42-24-18-12-6)50-44-38-28-22-16-10-4;1-3-5-7-9-11-13-15-17-19-21-23-29-25-31(43-27-29)35-33-34(38(42)39-35)36(40-37(33)41)32-26-30(28-44-32)24-22-20-18-16-14-12-10-8-6-4-2;/h53-54,57-58H,7-52,55-56H2,1-6H3;25-28,39,42H,3-24H2,1-2H3;1H4. The van der Waals surface area contributed by atoms with E-state index >= 15 is 9.59 Å². The summed E-state index contributed by atoms with van der Waals surface area (Å²) < 4.78 is 2.34. The zero-order valence-corrected chi connectivity index (χ0v) is 85.5. The fourth-order valence-electron chi connectivity index (χ4n) is 19.0. The fourth-order valence-corrected chi connectivity index (χ4v) is 24.5. The number of aromatic amines is 1. The number of nitrogens with one attached hydrogen (secondary N) is 1. The molecule has 14 heteroatoms. The number of carbonyl (C=O) groups excluding carboxylic acids is 3. The summed E-state index contributed by atoms with van der Waals surface area (Å²) in [4.78, 5) is 61.1. The Hall–Kier alpha value is -3.40. The van der Waals surface area contributed by atoms with Gasteiger partial charge < -0.3 is 19.9 Å². The zero-order chi connectivity index (χ0) is 87.0. The van der Waals surface area contributed by atoms with Crippen molar-refractivity contribution in [2.75, 3.05) is 13.1 Å². The molecule has 3 amide bonds. The molecule has 2 atom stereocenters. The first-order valence-electron chi connectivity index (χ1n) is 51.8. The quantitative estimate of drug-likeness (QED) is 0.0378. The number of unbranched alkanes of at least 4 members (excludes halogenated alkanes) is 52. The van der Waals surface area contributed by atoms with Crippen LogP contribution < -0.4 is 0 Å². The van der Waals surface area contributed by atoms with Crippen molar-refractivity contribution >= 4 is 112 Å². The highest BCUT2D eigenvalue weighted by molar-refractivity contribution is 9.11. The van der Waals surface area contributed by atoms with Crippen molar-refractivity contribution in [1.82, 2.24) is 14.8 Å². The van der Waals surface area contributed by atoms with Gasteiger partial charge in [-0.05, 0) is 178 Å². The van der Waals surface area contributed by atoms with Gasteiger partial charge in [0.2, 0.25) is 0 Å². The van der Waals surface area contributed by atoms with Crippen LogP contribution in [0.15, 0.2) is 58.7 Å². The van der Waals surface area contributed by atoms with Crippen LogP contribution in [-0.2, 0) is 35.3 Å². The predicted octanol–water partition coefficient (Wildman–Crippen LogP) is 37.8. The molecule has 0 saturated heterocycles. The summed E-state index contributed by atoms with van der Waals surface area (Å²) in [5.74, 6) is 0.757. The first-order valence-corrected chi connectivity index (χ1v) is 56.8. The summed E-state index contributed by atoms with van der Waals surface area (Å²) in [6.45, 7) is 19.8. The van der Waals surface area contributed by atoms with E-state index in [2.05, 4.69) is 142 Å². The van der Waals surface area contributed by atoms with Gasteiger partial charge in [0.15, 0.2) is 5.88 Å². The molecule has 8 heterocycles. The molecule has 0 aliphatic carbocycles. The number of aliphatic imine (C=N–C) groups is 1. The van der Waals surface area contributed by atoms with Crippen molar-refractivity contribution < 1.29 is 19.5 Å². The minimum atomic E-state index is -0.254. The second kappa shape index (κ2) is 66.9. The third-order valence-corrected chi connectivity index (χ3v) is 32.5. The maximum absolute atomic E-state index is 16.0. The van der Waals surface area contributed by atoms with Crippen molar-refractivity contribution in [3.05, 3.63) is 102 Å². The van der Waals surface area contributed by atoms with Gasteiger partial charge in [0.05, 0.1) is 72.2 Å². The number of aromatic hydroxyl groups is 1. The molecule has 0 fully saturated rings. The molecule has 0 spiro atoms. The van der Waals surface area contributed by atoms with Gasteiger partial charge in [-0.3, -0.25) is 14.4 Å². The van der Waals surface area contributed by atoms with Gasteiger partial charge in [0, 0.05) is 13.1 Å². The summed E-state index contributed by atoms with van der Waals surface area (Å²) >= 11 is 15.0. The van der Waals surface area contributed by atoms with Crippen LogP contribution in [0.25, 0.3) is 22.0 Å². The SMILES string of the molecule is C.CCCCCCCCCCCCc1cc(C2=C3C(=O)N(CC(CCCCCC)CCCCCCCC)C(c4cc(CCCCCCCCCCCC)c(Br)s4)=C3C(=O)N2CC(CCCCCC)CCCCCCCC)sc1Br.CCCCCCCCCCCCc1csc(C2=NC(=O)c3c(-c4cc(CCCCCCCCCCCC)cs4)[nH]c(O)c32)c1. The van der Waals surface area contributed by atoms with Crippen molar-refractivity contribution in [2.24, 2.45) is 16.8 Å². The first kappa shape index (κ1) is 108. The van der Waals surface area contributed by atoms with Crippen molar-refractivity contribution in [1.29, 1.82) is 0 Å². The second-order valence-electron chi connectivity index (χ2n) is 37.4. The molecular weight excluding hydrogens is 1720 g/mol. The monoisotopic (exact) mass is 1890 g/mol. The van der Waals surface area contributed by atoms with Crippen molar-refractivity contribution in [3.8, 4) is 16.5 Å². The van der Waals surface area contributed by atoms with E-state index in [1.165, 1.54) is 415 Å². The minimum Gasteiger partial charge on any atom is -0.494 e. The molecule has 8 rings (SSSR count). The number of carbonyl (C=O) groups is 3. The Morgan fingerprint density at radius 2 is 0.610 bits per heavy atom. The highest BCUT2D eigenvalue weighted by atomic mass is 79.9. The smallest absolute Gasteiger partial charge is 0.280 e. The number of fused-ring (bicyclic) bond motifs is 2. The molecule has 3 aliphatic rings. The van der Waals surface area contributed by atoms with Gasteiger partial charge in [-0.25, -0.2) is 4.99 Å². The van der Waals surface area contributed by atoms with Crippen LogP contribution in [0.2, 0.25) is 0 Å². The molecule has 2 N–H and O–H groups in total. The molecule has 0 aromatic carbocycles. The summed E-state index contributed by atoms with van der Waals surface area (Å²) in [5.41, 5.74) is 10.9. The molecule has 0 bridgehead atoms. The highest BCUT2D eigenvalue weighted by Gasteiger charge is 2.50. The molecule has 0 radical (unpaired) electrons. The van der Waals surface area contributed by atoms with E-state index in [4.69, 9.17) is 0 Å². The lowest BCUT2D eigenvalue weighted by atomic mass is 9.93. The normalized spacial score (nSPS) is 13.8.